The summed E-state index contributed by atoms with van der Waals surface area (Å²) in [6.07, 6.45) is 2.48. The zero-order valence-electron chi connectivity index (χ0n) is 11.5. The van der Waals surface area contributed by atoms with Crippen molar-refractivity contribution in [2.75, 3.05) is 5.50 Å². The minimum absolute atomic E-state index is 0.765. The first-order valence-electron chi connectivity index (χ1n) is 7.00. The predicted octanol–water partition coefficient (Wildman–Crippen LogP) is 3.83. The number of benzene rings is 2. The molecule has 0 heterocycles. The second kappa shape index (κ2) is 6.92. The lowest BCUT2D eigenvalue weighted by atomic mass is 10.4. The summed E-state index contributed by atoms with van der Waals surface area (Å²) >= 11 is 6.49. The summed E-state index contributed by atoms with van der Waals surface area (Å²) < 4.78 is 0. The molecule has 0 amide bonds. The van der Waals surface area contributed by atoms with Gasteiger partial charge in [-0.2, -0.15) is 0 Å². The Morgan fingerprint density at radius 2 is 1.32 bits per heavy atom. The van der Waals surface area contributed by atoms with Crippen molar-refractivity contribution in [3.63, 3.8) is 0 Å². The van der Waals surface area contributed by atoms with Gasteiger partial charge in [0, 0.05) is 5.50 Å². The van der Waals surface area contributed by atoms with Crippen LogP contribution in [0.15, 0.2) is 60.7 Å². The summed E-state index contributed by atoms with van der Waals surface area (Å²) in [7, 11) is -1.78. The van der Waals surface area contributed by atoms with Crippen LogP contribution in [0.2, 0.25) is 6.04 Å². The van der Waals surface area contributed by atoms with Gasteiger partial charge in [0.2, 0.25) is 0 Å². The minimum Gasteiger partial charge on any atom is -0.129 e. The fraction of sp³-hybridized carbons (Fsp3) is 0.294. The Morgan fingerprint density at radius 3 is 1.68 bits per heavy atom. The molecule has 0 aliphatic carbocycles. The van der Waals surface area contributed by atoms with Gasteiger partial charge in [0.15, 0.2) is 0 Å². The van der Waals surface area contributed by atoms with Crippen molar-refractivity contribution in [2.24, 2.45) is 0 Å². The monoisotopic (exact) mass is 288 g/mol. The van der Waals surface area contributed by atoms with E-state index in [0.29, 0.717) is 0 Å². The van der Waals surface area contributed by atoms with Gasteiger partial charge in [-0.05, 0) is 6.04 Å². The van der Waals surface area contributed by atoms with Gasteiger partial charge in [0.25, 0.3) is 0 Å². The van der Waals surface area contributed by atoms with E-state index in [9.17, 15) is 0 Å². The van der Waals surface area contributed by atoms with E-state index in [1.165, 1.54) is 29.3 Å². The highest BCUT2D eigenvalue weighted by molar-refractivity contribution is 7.05. The predicted molar refractivity (Wildman–Crippen MR) is 88.3 cm³/mol. The summed E-state index contributed by atoms with van der Waals surface area (Å²) in [6.45, 7) is 2.25. The van der Waals surface area contributed by atoms with Crippen LogP contribution in [0.1, 0.15) is 19.8 Å². The van der Waals surface area contributed by atoms with E-state index in [-0.39, 0.29) is 0 Å². The van der Waals surface area contributed by atoms with Gasteiger partial charge in [-0.1, -0.05) is 90.8 Å². The molecular weight excluding hydrogens is 268 g/mol. The maximum atomic E-state index is 6.49. The van der Waals surface area contributed by atoms with E-state index in [4.69, 9.17) is 11.6 Å². The lowest BCUT2D eigenvalue weighted by molar-refractivity contribution is 0.872. The van der Waals surface area contributed by atoms with Gasteiger partial charge in [0.05, 0.1) is 0 Å². The summed E-state index contributed by atoms with van der Waals surface area (Å²) in [5.41, 5.74) is 0.765. The van der Waals surface area contributed by atoms with Crippen molar-refractivity contribution in [3.05, 3.63) is 60.7 Å². The number of halogens is 1. The number of hydrogen-bond donors (Lipinski definition) is 0. The molecule has 19 heavy (non-hydrogen) atoms. The van der Waals surface area contributed by atoms with Gasteiger partial charge in [0.1, 0.15) is 8.07 Å². The van der Waals surface area contributed by atoms with Crippen LogP contribution in [0, 0.1) is 0 Å². The summed E-state index contributed by atoms with van der Waals surface area (Å²) in [4.78, 5) is 0. The maximum Gasteiger partial charge on any atom is 0.132 e. The van der Waals surface area contributed by atoms with Gasteiger partial charge in [-0.3, -0.25) is 0 Å². The molecule has 0 N–H and O–H groups in total. The summed E-state index contributed by atoms with van der Waals surface area (Å²) in [6, 6.07) is 23.0. The molecule has 0 spiro atoms. The smallest absolute Gasteiger partial charge is 0.129 e. The highest BCUT2D eigenvalue weighted by atomic mass is 35.5. The van der Waals surface area contributed by atoms with Crippen molar-refractivity contribution in [2.45, 2.75) is 25.8 Å². The zero-order valence-corrected chi connectivity index (χ0v) is 13.2. The molecule has 2 rings (SSSR count). The van der Waals surface area contributed by atoms with E-state index in [2.05, 4.69) is 67.6 Å². The van der Waals surface area contributed by atoms with Crippen LogP contribution in [0.5, 0.6) is 0 Å². The van der Waals surface area contributed by atoms with Crippen LogP contribution in [0.25, 0.3) is 0 Å². The zero-order chi connectivity index (χ0) is 13.6. The molecule has 0 atom stereocenters. The molecule has 2 aromatic rings. The first kappa shape index (κ1) is 14.4. The highest BCUT2D eigenvalue weighted by Crippen LogP contribution is 2.17. The topological polar surface area (TPSA) is 0 Å². The van der Waals surface area contributed by atoms with Gasteiger partial charge in [-0.15, -0.1) is 11.6 Å². The van der Waals surface area contributed by atoms with E-state index in [1.807, 2.05) is 0 Å². The molecule has 0 radical (unpaired) electrons. The first-order chi connectivity index (χ1) is 9.33. The quantitative estimate of drug-likeness (QED) is 0.560. The van der Waals surface area contributed by atoms with E-state index < -0.39 is 8.07 Å². The number of unbranched alkanes of at least 4 members (excludes halogenated alkanes) is 1. The van der Waals surface area contributed by atoms with Gasteiger partial charge >= 0.3 is 0 Å². The standard InChI is InChI=1S/C17H21ClSi/c1-2-3-14-19(15-18,16-10-6-4-7-11-16)17-12-8-5-9-13-17/h4-13H,2-3,14-15H2,1H3. The van der Waals surface area contributed by atoms with E-state index in [1.54, 1.807) is 0 Å². The Hall–Kier alpha value is -1.05. The Balaban J connectivity index is 2.48. The van der Waals surface area contributed by atoms with Crippen molar-refractivity contribution >= 4 is 30.0 Å². The fourth-order valence-electron chi connectivity index (χ4n) is 2.67. The average Bonchev–Trinajstić information content (AvgIpc) is 2.51. The molecule has 0 aromatic heterocycles. The fourth-order valence-corrected chi connectivity index (χ4v) is 7.97. The van der Waals surface area contributed by atoms with Crippen molar-refractivity contribution in [3.8, 4) is 0 Å². The molecule has 100 valence electrons. The molecule has 0 saturated heterocycles. The summed E-state index contributed by atoms with van der Waals surface area (Å²) in [5, 5.41) is 2.93. The number of hydrogen-bond acceptors (Lipinski definition) is 0. The molecule has 0 saturated carbocycles. The molecule has 2 heteroatoms. The van der Waals surface area contributed by atoms with Gasteiger partial charge < -0.3 is 0 Å². The highest BCUT2D eigenvalue weighted by Gasteiger charge is 2.35. The Morgan fingerprint density at radius 1 is 0.842 bits per heavy atom. The molecule has 0 aliphatic heterocycles. The molecule has 0 unspecified atom stereocenters. The Kier molecular flexibility index (Phi) is 5.23. The van der Waals surface area contributed by atoms with Gasteiger partial charge in [-0.25, -0.2) is 0 Å². The third-order valence-electron chi connectivity index (χ3n) is 3.84. The first-order valence-corrected chi connectivity index (χ1v) is 9.95. The van der Waals surface area contributed by atoms with Crippen LogP contribution < -0.4 is 10.4 Å². The SMILES string of the molecule is CCCC[Si](CCl)(c1ccccc1)c1ccccc1. The van der Waals surface area contributed by atoms with Crippen molar-refractivity contribution in [1.82, 2.24) is 0 Å². The third-order valence-corrected chi connectivity index (χ3v) is 9.75. The Labute approximate surface area is 122 Å². The Bertz CT molecular complexity index is 442. The van der Waals surface area contributed by atoms with Crippen molar-refractivity contribution < 1.29 is 0 Å². The second-order valence-electron chi connectivity index (χ2n) is 5.05. The van der Waals surface area contributed by atoms with Crippen LogP contribution >= 0.6 is 11.6 Å². The lowest BCUT2D eigenvalue weighted by Crippen LogP contribution is -2.60. The number of rotatable bonds is 6. The van der Waals surface area contributed by atoms with Crippen LogP contribution in [0.4, 0.5) is 0 Å². The van der Waals surface area contributed by atoms with Crippen LogP contribution in [-0.2, 0) is 0 Å². The maximum absolute atomic E-state index is 6.49. The molecule has 2 aromatic carbocycles. The van der Waals surface area contributed by atoms with E-state index in [0.717, 1.165) is 5.50 Å². The molecular formula is C17H21ClSi. The largest absolute Gasteiger partial charge is 0.132 e. The van der Waals surface area contributed by atoms with Crippen LogP contribution in [0.3, 0.4) is 0 Å². The molecule has 0 bridgehead atoms. The molecule has 0 aliphatic rings. The third kappa shape index (κ3) is 3.10. The second-order valence-corrected chi connectivity index (χ2v) is 9.94. The minimum atomic E-state index is -1.78. The van der Waals surface area contributed by atoms with Crippen LogP contribution in [-0.4, -0.2) is 13.6 Å². The average molecular weight is 289 g/mol. The lowest BCUT2D eigenvalue weighted by Gasteiger charge is -2.31. The van der Waals surface area contributed by atoms with E-state index >= 15 is 0 Å². The van der Waals surface area contributed by atoms with Crippen molar-refractivity contribution in [1.29, 1.82) is 0 Å². The molecule has 0 fully saturated rings. The normalized spacial score (nSPS) is 11.5. The number of alkyl halides is 1. The molecule has 0 nitrogen and oxygen atoms in total. The summed E-state index contributed by atoms with van der Waals surface area (Å²) in [5.74, 6) is 0.